The summed E-state index contributed by atoms with van der Waals surface area (Å²) in [4.78, 5) is 18.9. The Bertz CT molecular complexity index is 1510. The number of benzene rings is 1. The number of ether oxygens (including phenoxy) is 2. The van der Waals surface area contributed by atoms with Crippen LogP contribution in [0.15, 0.2) is 47.1 Å². The molecule has 9 heteroatoms. The molecule has 3 aliphatic rings. The summed E-state index contributed by atoms with van der Waals surface area (Å²) in [6.45, 7) is 4.75. The van der Waals surface area contributed by atoms with Gasteiger partial charge in [0.05, 0.1) is 25.5 Å². The first kappa shape index (κ1) is 24.3. The number of esters is 1. The van der Waals surface area contributed by atoms with Crippen molar-refractivity contribution in [3.05, 3.63) is 65.2 Å². The molecule has 2 saturated heterocycles. The van der Waals surface area contributed by atoms with E-state index < -0.39 is 5.97 Å². The summed E-state index contributed by atoms with van der Waals surface area (Å²) in [7, 11) is 0. The molecular formula is C30H33N5O4. The first-order chi connectivity index (χ1) is 19.1. The predicted molar refractivity (Wildman–Crippen MR) is 145 cm³/mol. The number of carbonyl (C=O) groups is 1. The fraction of sp³-hybridized carbons (Fsp3) is 0.467. The van der Waals surface area contributed by atoms with Crippen LogP contribution in [0.2, 0.25) is 0 Å². The maximum atomic E-state index is 12.1. The minimum Gasteiger partial charge on any atom is -0.461 e. The lowest BCUT2D eigenvalue weighted by atomic mass is 9.98. The Morgan fingerprint density at radius 3 is 2.62 bits per heavy atom. The quantitative estimate of drug-likeness (QED) is 0.279. The van der Waals surface area contributed by atoms with E-state index >= 15 is 0 Å². The Hall–Kier alpha value is -3.72. The number of carbonyl (C=O) groups excluding carboxylic acids is 1. The second-order valence-electron chi connectivity index (χ2n) is 11.0. The Morgan fingerprint density at radius 1 is 1.08 bits per heavy atom. The van der Waals surface area contributed by atoms with Gasteiger partial charge in [0.15, 0.2) is 11.3 Å². The monoisotopic (exact) mass is 527 g/mol. The molecule has 3 atom stereocenters. The highest BCUT2D eigenvalue weighted by atomic mass is 16.5. The molecule has 2 unspecified atom stereocenters. The van der Waals surface area contributed by atoms with Gasteiger partial charge in [-0.15, -0.1) is 5.10 Å². The molecule has 9 nitrogen and oxygen atoms in total. The average molecular weight is 528 g/mol. The molecule has 39 heavy (non-hydrogen) atoms. The van der Waals surface area contributed by atoms with Gasteiger partial charge in [-0.3, -0.25) is 0 Å². The zero-order valence-electron chi connectivity index (χ0n) is 22.4. The summed E-state index contributed by atoms with van der Waals surface area (Å²) in [6.07, 6.45) is 8.31. The van der Waals surface area contributed by atoms with Gasteiger partial charge >= 0.3 is 5.97 Å². The van der Waals surface area contributed by atoms with Gasteiger partial charge in [-0.1, -0.05) is 29.4 Å². The predicted octanol–water partition coefficient (Wildman–Crippen LogP) is 5.46. The molecular weight excluding hydrogens is 494 g/mol. The van der Waals surface area contributed by atoms with Crippen molar-refractivity contribution in [2.24, 2.45) is 0 Å². The van der Waals surface area contributed by atoms with Crippen LogP contribution >= 0.6 is 0 Å². The largest absolute Gasteiger partial charge is 0.461 e. The van der Waals surface area contributed by atoms with Crippen molar-refractivity contribution in [1.82, 2.24) is 19.8 Å². The van der Waals surface area contributed by atoms with Gasteiger partial charge in [0.2, 0.25) is 0 Å². The van der Waals surface area contributed by atoms with Crippen molar-refractivity contribution < 1.29 is 18.8 Å². The first-order valence-corrected chi connectivity index (χ1v) is 14.1. The van der Waals surface area contributed by atoms with Crippen LogP contribution in [0.5, 0.6) is 0 Å². The minimum absolute atomic E-state index is 0.179. The minimum atomic E-state index is -0.425. The second-order valence-corrected chi connectivity index (χ2v) is 11.0. The van der Waals surface area contributed by atoms with E-state index in [1.807, 2.05) is 12.1 Å². The van der Waals surface area contributed by atoms with Crippen molar-refractivity contribution in [2.75, 3.05) is 11.5 Å². The molecule has 202 valence electrons. The fourth-order valence-corrected chi connectivity index (χ4v) is 6.33. The van der Waals surface area contributed by atoms with Gasteiger partial charge in [-0.05, 0) is 70.1 Å². The standard InChI is InChI=1S/C30H33N5O4/c1-3-37-30(36)25-16-34-26(31-25)12-13-27(32-34)35-20-10-11-21(35)15-22(14-20)38-17-24-28(23-7-5-4-6-18(23)2)33-39-29(24)19-8-9-19/h4-7,12-13,16,19-22H,3,8-11,14-15,17H2,1-2H3/t20-,21?,22?/m0/s1. The molecule has 3 fully saturated rings. The number of aryl methyl sites for hydroxylation is 1. The van der Waals surface area contributed by atoms with E-state index in [0.29, 0.717) is 36.9 Å². The first-order valence-electron chi connectivity index (χ1n) is 14.1. The maximum Gasteiger partial charge on any atom is 0.358 e. The van der Waals surface area contributed by atoms with Gasteiger partial charge in [-0.25, -0.2) is 14.3 Å². The number of fused-ring (bicyclic) bond motifs is 3. The molecule has 1 saturated carbocycles. The van der Waals surface area contributed by atoms with Crippen LogP contribution in [-0.4, -0.2) is 50.5 Å². The van der Waals surface area contributed by atoms with Crippen LogP contribution in [-0.2, 0) is 16.1 Å². The van der Waals surface area contributed by atoms with Crippen LogP contribution in [0.3, 0.4) is 0 Å². The number of hydrogen-bond acceptors (Lipinski definition) is 8. The van der Waals surface area contributed by atoms with Crippen LogP contribution in [0, 0.1) is 6.92 Å². The summed E-state index contributed by atoms with van der Waals surface area (Å²) in [6, 6.07) is 13.0. The van der Waals surface area contributed by atoms with E-state index in [2.05, 4.69) is 46.2 Å². The number of nitrogens with zero attached hydrogens (tertiary/aromatic N) is 5. The summed E-state index contributed by atoms with van der Waals surface area (Å²) in [5, 5.41) is 9.32. The summed E-state index contributed by atoms with van der Waals surface area (Å²) in [5.74, 6) is 1.97. The van der Waals surface area contributed by atoms with E-state index in [0.717, 1.165) is 66.9 Å². The van der Waals surface area contributed by atoms with Crippen molar-refractivity contribution in [3.8, 4) is 11.3 Å². The average Bonchev–Trinajstić information content (AvgIpc) is 3.45. The van der Waals surface area contributed by atoms with Crippen LogP contribution in [0.1, 0.15) is 78.7 Å². The van der Waals surface area contributed by atoms with Gasteiger partial charge in [0.1, 0.15) is 17.3 Å². The van der Waals surface area contributed by atoms with Crippen LogP contribution in [0.25, 0.3) is 16.9 Å². The number of aromatic nitrogens is 4. The van der Waals surface area contributed by atoms with Crippen molar-refractivity contribution in [2.45, 2.75) is 83.1 Å². The zero-order valence-corrected chi connectivity index (χ0v) is 22.4. The molecule has 0 spiro atoms. The molecule has 0 amide bonds. The highest BCUT2D eigenvalue weighted by molar-refractivity contribution is 5.87. The normalized spacial score (nSPS) is 22.5. The van der Waals surface area contributed by atoms with E-state index in [4.69, 9.17) is 19.1 Å². The molecule has 7 rings (SSSR count). The highest BCUT2D eigenvalue weighted by Gasteiger charge is 2.42. The Labute approximate surface area is 227 Å². The van der Waals surface area contributed by atoms with E-state index in [1.165, 1.54) is 5.56 Å². The lowest BCUT2D eigenvalue weighted by Gasteiger charge is -2.39. The smallest absolute Gasteiger partial charge is 0.358 e. The SMILES string of the molecule is CCOC(=O)c1cn2nc(N3C4CC[C@H]3CC(OCc3c(-c5ccccc5C)noc3C3CC3)C4)ccc2n1. The number of hydrogen-bond donors (Lipinski definition) is 0. The molecule has 5 heterocycles. The zero-order chi connectivity index (χ0) is 26.5. The molecule has 2 aliphatic heterocycles. The Kier molecular flexibility index (Phi) is 6.11. The Balaban J connectivity index is 1.07. The van der Waals surface area contributed by atoms with Crippen LogP contribution < -0.4 is 4.90 Å². The Morgan fingerprint density at radius 2 is 1.87 bits per heavy atom. The third kappa shape index (κ3) is 4.48. The summed E-state index contributed by atoms with van der Waals surface area (Å²) < 4.78 is 19.3. The molecule has 0 N–H and O–H groups in total. The summed E-state index contributed by atoms with van der Waals surface area (Å²) in [5.41, 5.74) is 5.27. The number of piperidine rings is 1. The molecule has 1 aliphatic carbocycles. The molecule has 0 radical (unpaired) electrons. The molecule has 1 aromatic carbocycles. The number of imidazole rings is 1. The van der Waals surface area contributed by atoms with Gasteiger partial charge in [0, 0.05) is 29.1 Å². The van der Waals surface area contributed by atoms with E-state index in [1.54, 1.807) is 17.6 Å². The van der Waals surface area contributed by atoms with Crippen molar-refractivity contribution >= 4 is 17.4 Å². The molecule has 3 aromatic heterocycles. The van der Waals surface area contributed by atoms with E-state index in [9.17, 15) is 4.79 Å². The second kappa shape index (κ2) is 9.79. The van der Waals surface area contributed by atoms with Crippen molar-refractivity contribution in [1.29, 1.82) is 0 Å². The van der Waals surface area contributed by atoms with Crippen LogP contribution in [0.4, 0.5) is 5.82 Å². The fourth-order valence-electron chi connectivity index (χ4n) is 6.33. The topological polar surface area (TPSA) is 95.0 Å². The lowest BCUT2D eigenvalue weighted by molar-refractivity contribution is 0.0145. The lowest BCUT2D eigenvalue weighted by Crippen LogP contribution is -2.46. The molecule has 2 bridgehead atoms. The van der Waals surface area contributed by atoms with Gasteiger partial charge in [-0.2, -0.15) is 0 Å². The number of rotatable bonds is 8. The number of anilines is 1. The third-order valence-electron chi connectivity index (χ3n) is 8.38. The van der Waals surface area contributed by atoms with E-state index in [-0.39, 0.29) is 11.8 Å². The summed E-state index contributed by atoms with van der Waals surface area (Å²) >= 11 is 0. The van der Waals surface area contributed by atoms with Crippen molar-refractivity contribution in [3.63, 3.8) is 0 Å². The molecule has 4 aromatic rings. The third-order valence-corrected chi connectivity index (χ3v) is 8.38. The maximum absolute atomic E-state index is 12.1. The van der Waals surface area contributed by atoms with Gasteiger partial charge in [0.25, 0.3) is 0 Å². The highest BCUT2D eigenvalue weighted by Crippen LogP contribution is 2.45. The van der Waals surface area contributed by atoms with Gasteiger partial charge < -0.3 is 18.9 Å².